The molecule has 0 amide bonds. The Balaban J connectivity index is 0.000000414. The number of ether oxygens (including phenoxy) is 1. The first-order valence-corrected chi connectivity index (χ1v) is 10.7. The number of aliphatic hydroxyl groups is 1. The number of carboxylic acid groups (broad SMARTS) is 2. The zero-order valence-electron chi connectivity index (χ0n) is 18.7. The van der Waals surface area contributed by atoms with E-state index in [-0.39, 0.29) is 5.75 Å². The van der Waals surface area contributed by atoms with Gasteiger partial charge in [-0.3, -0.25) is 4.90 Å². The standard InChI is InChI=1S/C21H27NO3.C4H4O4/c1-17-2-4-18(5-3-17)16-21(24)10-12-22(13-11-21)14-15-25-20-8-6-19(23)7-9-20;5-3(6)1-2-4(7)8/h2-9,23-24H,10-16H2,1H3;1-2H,(H,5,6)(H,7,8)/b;2-1+. The zero-order valence-corrected chi connectivity index (χ0v) is 18.7. The van der Waals surface area contributed by atoms with Crippen molar-refractivity contribution in [1.82, 2.24) is 4.90 Å². The third kappa shape index (κ3) is 10.2. The van der Waals surface area contributed by atoms with Crippen LogP contribution < -0.4 is 4.74 Å². The second kappa shape index (κ2) is 12.6. The summed E-state index contributed by atoms with van der Waals surface area (Å²) in [7, 11) is 0. The molecule has 1 aliphatic heterocycles. The van der Waals surface area contributed by atoms with Gasteiger partial charge in [0.05, 0.1) is 5.60 Å². The minimum absolute atomic E-state index is 0.247. The lowest BCUT2D eigenvalue weighted by Crippen LogP contribution is -2.46. The Kier molecular flexibility index (Phi) is 9.90. The van der Waals surface area contributed by atoms with Gasteiger partial charge in [-0.15, -0.1) is 0 Å². The fraction of sp³-hybridized carbons (Fsp3) is 0.360. The number of hydrogen-bond acceptors (Lipinski definition) is 6. The number of hydrogen-bond donors (Lipinski definition) is 4. The number of aromatic hydroxyl groups is 1. The van der Waals surface area contributed by atoms with Crippen LogP contribution in [0.4, 0.5) is 0 Å². The maximum absolute atomic E-state index is 10.9. The molecule has 8 heteroatoms. The van der Waals surface area contributed by atoms with Gasteiger partial charge in [-0.2, -0.15) is 0 Å². The molecule has 3 rings (SSSR count). The van der Waals surface area contributed by atoms with Crippen molar-refractivity contribution in [2.24, 2.45) is 0 Å². The van der Waals surface area contributed by atoms with Crippen LogP contribution in [0, 0.1) is 6.92 Å². The van der Waals surface area contributed by atoms with E-state index in [1.54, 1.807) is 24.3 Å². The van der Waals surface area contributed by atoms with Crippen LogP contribution in [0.15, 0.2) is 60.7 Å². The lowest BCUT2D eigenvalue weighted by Gasteiger charge is -2.38. The Morgan fingerprint density at radius 2 is 1.52 bits per heavy atom. The van der Waals surface area contributed by atoms with E-state index in [0.29, 0.717) is 18.8 Å². The van der Waals surface area contributed by atoms with Crippen LogP contribution in [0.3, 0.4) is 0 Å². The Morgan fingerprint density at radius 1 is 0.970 bits per heavy atom. The van der Waals surface area contributed by atoms with Crippen LogP contribution >= 0.6 is 0 Å². The second-order valence-corrected chi connectivity index (χ2v) is 8.08. The molecule has 1 saturated heterocycles. The molecule has 0 unspecified atom stereocenters. The average molecular weight is 458 g/mol. The van der Waals surface area contributed by atoms with E-state index in [9.17, 15) is 19.8 Å². The van der Waals surface area contributed by atoms with Gasteiger partial charge in [0, 0.05) is 38.2 Å². The van der Waals surface area contributed by atoms with E-state index >= 15 is 0 Å². The summed E-state index contributed by atoms with van der Waals surface area (Å²) in [5.74, 6) is -1.50. The molecule has 0 spiro atoms. The molecule has 33 heavy (non-hydrogen) atoms. The van der Waals surface area contributed by atoms with Crippen LogP contribution in [0.1, 0.15) is 24.0 Å². The molecular formula is C25H31NO7. The van der Waals surface area contributed by atoms with Crippen LogP contribution in [0.5, 0.6) is 11.5 Å². The summed E-state index contributed by atoms with van der Waals surface area (Å²) in [6.45, 7) is 5.32. The van der Waals surface area contributed by atoms with Crippen LogP contribution in [0.25, 0.3) is 0 Å². The maximum Gasteiger partial charge on any atom is 0.328 e. The van der Waals surface area contributed by atoms with Gasteiger partial charge < -0.3 is 25.2 Å². The largest absolute Gasteiger partial charge is 0.508 e. The highest BCUT2D eigenvalue weighted by molar-refractivity contribution is 5.89. The molecule has 1 heterocycles. The summed E-state index contributed by atoms with van der Waals surface area (Å²) in [5.41, 5.74) is 1.86. The molecule has 1 fully saturated rings. The number of likely N-dealkylation sites (tertiary alicyclic amines) is 1. The van der Waals surface area contributed by atoms with Crippen LogP contribution in [0.2, 0.25) is 0 Å². The highest BCUT2D eigenvalue weighted by Crippen LogP contribution is 2.26. The first-order chi connectivity index (χ1) is 15.6. The van der Waals surface area contributed by atoms with Gasteiger partial charge in [-0.25, -0.2) is 9.59 Å². The number of rotatable bonds is 8. The number of aliphatic carboxylic acids is 2. The molecule has 2 aromatic carbocycles. The van der Waals surface area contributed by atoms with Gasteiger partial charge in [-0.05, 0) is 49.6 Å². The van der Waals surface area contributed by atoms with Crippen LogP contribution in [-0.2, 0) is 16.0 Å². The van der Waals surface area contributed by atoms with Crippen molar-refractivity contribution < 1.29 is 34.8 Å². The maximum atomic E-state index is 10.9. The first kappa shape index (κ1) is 25.9. The number of carbonyl (C=O) groups is 2. The van der Waals surface area contributed by atoms with Gasteiger partial charge in [0.25, 0.3) is 0 Å². The van der Waals surface area contributed by atoms with E-state index in [4.69, 9.17) is 14.9 Å². The SMILES string of the molecule is Cc1ccc(CC2(O)CCN(CCOc3ccc(O)cc3)CC2)cc1.O=C(O)/C=C/C(=O)O. The van der Waals surface area contributed by atoms with Crippen molar-refractivity contribution in [3.05, 3.63) is 71.8 Å². The highest BCUT2D eigenvalue weighted by atomic mass is 16.5. The number of benzene rings is 2. The second-order valence-electron chi connectivity index (χ2n) is 8.08. The zero-order chi connectivity index (χ0) is 24.3. The van der Waals surface area contributed by atoms with E-state index in [2.05, 4.69) is 36.1 Å². The number of phenols is 1. The summed E-state index contributed by atoms with van der Waals surface area (Å²) >= 11 is 0. The molecule has 0 aliphatic carbocycles. The summed E-state index contributed by atoms with van der Waals surface area (Å²) in [6.07, 6.45) is 3.43. The Morgan fingerprint density at radius 3 is 2.03 bits per heavy atom. The monoisotopic (exact) mass is 457 g/mol. The van der Waals surface area contributed by atoms with Gasteiger partial charge in [0.2, 0.25) is 0 Å². The summed E-state index contributed by atoms with van der Waals surface area (Å²) in [4.78, 5) is 21.4. The van der Waals surface area contributed by atoms with Crippen molar-refractivity contribution in [3.63, 3.8) is 0 Å². The Bertz CT molecular complexity index is 899. The molecule has 4 N–H and O–H groups in total. The van der Waals surface area contributed by atoms with Crippen molar-refractivity contribution in [1.29, 1.82) is 0 Å². The molecule has 0 aromatic heterocycles. The summed E-state index contributed by atoms with van der Waals surface area (Å²) in [6, 6.07) is 15.2. The van der Waals surface area contributed by atoms with Gasteiger partial charge in [-0.1, -0.05) is 29.8 Å². The van der Waals surface area contributed by atoms with Crippen LogP contribution in [-0.4, -0.2) is 69.1 Å². The van der Waals surface area contributed by atoms with Crippen molar-refractivity contribution in [3.8, 4) is 11.5 Å². The van der Waals surface area contributed by atoms with Crippen molar-refractivity contribution in [2.45, 2.75) is 31.8 Å². The van der Waals surface area contributed by atoms with E-state index in [1.165, 1.54) is 11.1 Å². The van der Waals surface area contributed by atoms with E-state index in [0.717, 1.165) is 44.6 Å². The summed E-state index contributed by atoms with van der Waals surface area (Å²) < 4.78 is 5.71. The molecule has 0 bridgehead atoms. The minimum Gasteiger partial charge on any atom is -0.508 e. The molecule has 2 aromatic rings. The Labute approximate surface area is 193 Å². The molecule has 1 aliphatic rings. The highest BCUT2D eigenvalue weighted by Gasteiger charge is 2.32. The Hall–Kier alpha value is -3.36. The molecule has 0 radical (unpaired) electrons. The predicted molar refractivity (Wildman–Crippen MR) is 124 cm³/mol. The number of aryl methyl sites for hydroxylation is 1. The number of nitrogens with zero attached hydrogens (tertiary/aromatic N) is 1. The molecule has 8 nitrogen and oxygen atoms in total. The fourth-order valence-corrected chi connectivity index (χ4v) is 3.43. The number of piperidine rings is 1. The smallest absolute Gasteiger partial charge is 0.328 e. The third-order valence-corrected chi connectivity index (χ3v) is 5.32. The lowest BCUT2D eigenvalue weighted by molar-refractivity contribution is -0.134. The van der Waals surface area contributed by atoms with Crippen molar-refractivity contribution >= 4 is 11.9 Å². The van der Waals surface area contributed by atoms with Gasteiger partial charge in [0.1, 0.15) is 18.1 Å². The predicted octanol–water partition coefficient (Wildman–Crippen LogP) is 2.86. The first-order valence-electron chi connectivity index (χ1n) is 10.7. The van der Waals surface area contributed by atoms with Gasteiger partial charge in [0.15, 0.2) is 0 Å². The minimum atomic E-state index is -1.26. The quantitative estimate of drug-likeness (QED) is 0.446. The number of carboxylic acids is 2. The normalized spacial score (nSPS) is 15.5. The third-order valence-electron chi connectivity index (χ3n) is 5.32. The molecule has 178 valence electrons. The van der Waals surface area contributed by atoms with E-state index < -0.39 is 17.5 Å². The van der Waals surface area contributed by atoms with E-state index in [1.807, 2.05) is 0 Å². The van der Waals surface area contributed by atoms with Gasteiger partial charge >= 0.3 is 11.9 Å². The molecule has 0 saturated carbocycles. The average Bonchev–Trinajstić information content (AvgIpc) is 2.77. The topological polar surface area (TPSA) is 128 Å². The number of phenolic OH excluding ortho intramolecular Hbond substituents is 1. The molecular weight excluding hydrogens is 426 g/mol. The summed E-state index contributed by atoms with van der Waals surface area (Å²) in [5, 5.41) is 35.8. The molecule has 0 atom stereocenters. The fourth-order valence-electron chi connectivity index (χ4n) is 3.43. The van der Waals surface area contributed by atoms with Crippen molar-refractivity contribution in [2.75, 3.05) is 26.2 Å². The lowest BCUT2D eigenvalue weighted by atomic mass is 9.85.